The van der Waals surface area contributed by atoms with Crippen molar-refractivity contribution in [1.29, 1.82) is 0 Å². The van der Waals surface area contributed by atoms with Crippen molar-refractivity contribution < 1.29 is 9.53 Å². The first-order valence-electron chi connectivity index (χ1n) is 9.02. The number of ether oxygens (including phenoxy) is 1. The lowest BCUT2D eigenvalue weighted by Gasteiger charge is -2.17. The smallest absolute Gasteiger partial charge is 0.324 e. The van der Waals surface area contributed by atoms with E-state index in [1.807, 2.05) is 36.4 Å². The minimum Gasteiger partial charge on any atom is -0.465 e. The van der Waals surface area contributed by atoms with Gasteiger partial charge in [-0.2, -0.15) is 0 Å². The zero-order valence-corrected chi connectivity index (χ0v) is 18.3. The number of esters is 1. The van der Waals surface area contributed by atoms with E-state index < -0.39 is 4.83 Å². The highest BCUT2D eigenvalue weighted by Crippen LogP contribution is 2.40. The van der Waals surface area contributed by atoms with Crippen LogP contribution < -0.4 is 5.73 Å². The first-order chi connectivity index (χ1) is 13.4. The molecule has 1 atom stereocenters. The molecule has 0 saturated carbocycles. The van der Waals surface area contributed by atoms with Gasteiger partial charge in [-0.1, -0.05) is 70.0 Å². The van der Waals surface area contributed by atoms with E-state index in [0.29, 0.717) is 12.3 Å². The van der Waals surface area contributed by atoms with Gasteiger partial charge in [0.2, 0.25) is 0 Å². The Hall–Kier alpha value is -2.24. The number of hydrogen-bond acceptors (Lipinski definition) is 4. The van der Waals surface area contributed by atoms with Crippen molar-refractivity contribution in [3.8, 4) is 22.3 Å². The lowest BCUT2D eigenvalue weighted by Crippen LogP contribution is -2.11. The van der Waals surface area contributed by atoms with Gasteiger partial charge in [-0.15, -0.1) is 12.6 Å². The molecule has 0 saturated heterocycles. The average molecular weight is 456 g/mol. The summed E-state index contributed by atoms with van der Waals surface area (Å²) in [4.78, 5) is 12.4. The second-order valence-electron chi connectivity index (χ2n) is 6.52. The van der Waals surface area contributed by atoms with E-state index in [2.05, 4.69) is 59.7 Å². The number of benzene rings is 3. The predicted octanol–water partition coefficient (Wildman–Crippen LogP) is 6.20. The van der Waals surface area contributed by atoms with Gasteiger partial charge in [-0.3, -0.25) is 4.79 Å². The van der Waals surface area contributed by atoms with E-state index in [4.69, 9.17) is 10.5 Å². The summed E-state index contributed by atoms with van der Waals surface area (Å²) < 4.78 is 5.15. The summed E-state index contributed by atoms with van der Waals surface area (Å²) in [5.74, 6) is -0.313. The van der Waals surface area contributed by atoms with Gasteiger partial charge in [0, 0.05) is 10.5 Å². The van der Waals surface area contributed by atoms with Gasteiger partial charge < -0.3 is 10.5 Å². The zero-order chi connectivity index (χ0) is 20.3. The summed E-state index contributed by atoms with van der Waals surface area (Å²) >= 11 is 7.93. The third-order valence-electron chi connectivity index (χ3n) is 4.57. The minimum absolute atomic E-state index is 0.313. The number of alkyl halides is 1. The standard InChI is InChI=1S/C23H22BrNO2S/c1-3-27-23(26)21(24)16-11-12-17(15-9-7-14(2)8-10-15)19(13-16)18-5-4-6-20(28)22(18)25/h4-13,21,28H,3,25H2,1-2H3. The molecule has 144 valence electrons. The summed E-state index contributed by atoms with van der Waals surface area (Å²) in [6.07, 6.45) is 0. The first-order valence-corrected chi connectivity index (χ1v) is 10.4. The largest absolute Gasteiger partial charge is 0.465 e. The van der Waals surface area contributed by atoms with Gasteiger partial charge in [0.25, 0.3) is 0 Å². The topological polar surface area (TPSA) is 52.3 Å². The molecule has 3 aromatic rings. The summed E-state index contributed by atoms with van der Waals surface area (Å²) in [5.41, 5.74) is 12.9. The van der Waals surface area contributed by atoms with Gasteiger partial charge in [0.05, 0.1) is 12.3 Å². The third kappa shape index (κ3) is 4.26. The Morgan fingerprint density at radius 2 is 1.79 bits per heavy atom. The molecule has 28 heavy (non-hydrogen) atoms. The summed E-state index contributed by atoms with van der Waals surface area (Å²) in [7, 11) is 0. The normalized spacial score (nSPS) is 11.9. The van der Waals surface area contributed by atoms with Crippen LogP contribution in [0.1, 0.15) is 22.9 Å². The van der Waals surface area contributed by atoms with E-state index >= 15 is 0 Å². The molecule has 0 aliphatic heterocycles. The highest BCUT2D eigenvalue weighted by molar-refractivity contribution is 9.09. The van der Waals surface area contributed by atoms with Crippen molar-refractivity contribution in [1.82, 2.24) is 0 Å². The van der Waals surface area contributed by atoms with Crippen molar-refractivity contribution in [3.05, 3.63) is 71.8 Å². The molecule has 0 aliphatic rings. The molecule has 0 bridgehead atoms. The molecule has 3 rings (SSSR count). The highest BCUT2D eigenvalue weighted by atomic mass is 79.9. The number of rotatable bonds is 5. The summed E-state index contributed by atoms with van der Waals surface area (Å²) in [6, 6.07) is 20.1. The third-order valence-corrected chi connectivity index (χ3v) is 5.86. The number of carbonyl (C=O) groups is 1. The molecular weight excluding hydrogens is 434 g/mol. The van der Waals surface area contributed by atoms with Crippen LogP contribution >= 0.6 is 28.6 Å². The molecule has 3 aromatic carbocycles. The van der Waals surface area contributed by atoms with Crippen LogP contribution in [0.2, 0.25) is 0 Å². The Kier molecular flexibility index (Phi) is 6.47. The zero-order valence-electron chi connectivity index (χ0n) is 15.8. The van der Waals surface area contributed by atoms with Gasteiger partial charge in [0.15, 0.2) is 0 Å². The van der Waals surface area contributed by atoms with E-state index in [0.717, 1.165) is 32.7 Å². The number of para-hydroxylation sites is 1. The number of carbonyl (C=O) groups excluding carboxylic acids is 1. The predicted molar refractivity (Wildman–Crippen MR) is 122 cm³/mol. The van der Waals surface area contributed by atoms with Crippen molar-refractivity contribution in [2.75, 3.05) is 12.3 Å². The number of aryl methyl sites for hydroxylation is 1. The molecule has 1 unspecified atom stereocenters. The van der Waals surface area contributed by atoms with Crippen LogP contribution in [0.5, 0.6) is 0 Å². The SMILES string of the molecule is CCOC(=O)C(Br)c1ccc(-c2ccc(C)cc2)c(-c2cccc(S)c2N)c1. The molecule has 5 heteroatoms. The Labute approximate surface area is 179 Å². The second kappa shape index (κ2) is 8.84. The molecule has 0 heterocycles. The van der Waals surface area contributed by atoms with Gasteiger partial charge in [-0.05, 0) is 48.2 Å². The molecule has 3 nitrogen and oxygen atoms in total. The molecule has 0 amide bonds. The quantitative estimate of drug-likeness (QED) is 0.208. The number of nitrogen functional groups attached to an aromatic ring is 1. The van der Waals surface area contributed by atoms with Crippen molar-refractivity contribution in [3.63, 3.8) is 0 Å². The van der Waals surface area contributed by atoms with Crippen molar-refractivity contribution in [2.24, 2.45) is 0 Å². The average Bonchev–Trinajstić information content (AvgIpc) is 2.70. The fraction of sp³-hybridized carbons (Fsp3) is 0.174. The Morgan fingerprint density at radius 3 is 2.46 bits per heavy atom. The second-order valence-corrected chi connectivity index (χ2v) is 7.92. The lowest BCUT2D eigenvalue weighted by molar-refractivity contribution is -0.142. The number of thiol groups is 1. The lowest BCUT2D eigenvalue weighted by atomic mass is 9.91. The van der Waals surface area contributed by atoms with Crippen LogP contribution in [0.15, 0.2) is 65.6 Å². The van der Waals surface area contributed by atoms with Gasteiger partial charge in [0.1, 0.15) is 4.83 Å². The first kappa shape index (κ1) is 20.5. The number of hydrogen-bond donors (Lipinski definition) is 2. The fourth-order valence-corrected chi connectivity index (χ4v) is 3.69. The molecule has 2 N–H and O–H groups in total. The molecule has 0 radical (unpaired) electrons. The maximum Gasteiger partial charge on any atom is 0.324 e. The van der Waals surface area contributed by atoms with Crippen molar-refractivity contribution >= 4 is 40.2 Å². The molecule has 0 aliphatic carbocycles. The summed E-state index contributed by atoms with van der Waals surface area (Å²) in [5, 5.41) is 0. The van der Waals surface area contributed by atoms with Gasteiger partial charge in [-0.25, -0.2) is 0 Å². The molecular formula is C23H22BrNO2S. The Balaban J connectivity index is 2.19. The minimum atomic E-state index is -0.543. The highest BCUT2D eigenvalue weighted by Gasteiger charge is 2.21. The van der Waals surface area contributed by atoms with E-state index in [-0.39, 0.29) is 5.97 Å². The Bertz CT molecular complexity index is 1000. The van der Waals surface area contributed by atoms with E-state index in [1.165, 1.54) is 5.56 Å². The van der Waals surface area contributed by atoms with E-state index in [1.54, 1.807) is 6.92 Å². The Morgan fingerprint density at radius 1 is 1.07 bits per heavy atom. The number of anilines is 1. The summed E-state index contributed by atoms with van der Waals surface area (Å²) in [6.45, 7) is 4.19. The van der Waals surface area contributed by atoms with Crippen LogP contribution in [-0.2, 0) is 9.53 Å². The van der Waals surface area contributed by atoms with Crippen molar-refractivity contribution in [2.45, 2.75) is 23.6 Å². The maximum atomic E-state index is 12.2. The number of halogens is 1. The van der Waals surface area contributed by atoms with Crippen LogP contribution in [0, 0.1) is 6.92 Å². The fourth-order valence-electron chi connectivity index (χ4n) is 3.07. The molecule has 0 spiro atoms. The number of nitrogens with two attached hydrogens (primary N) is 1. The monoisotopic (exact) mass is 455 g/mol. The van der Waals surface area contributed by atoms with Crippen LogP contribution in [0.4, 0.5) is 5.69 Å². The van der Waals surface area contributed by atoms with E-state index in [9.17, 15) is 4.79 Å². The maximum absolute atomic E-state index is 12.2. The van der Waals surface area contributed by atoms with Crippen LogP contribution in [0.25, 0.3) is 22.3 Å². The van der Waals surface area contributed by atoms with Crippen LogP contribution in [-0.4, -0.2) is 12.6 Å². The van der Waals surface area contributed by atoms with Gasteiger partial charge >= 0.3 is 5.97 Å². The molecule has 0 aromatic heterocycles. The van der Waals surface area contributed by atoms with Crippen LogP contribution in [0.3, 0.4) is 0 Å². The molecule has 0 fully saturated rings.